The van der Waals surface area contributed by atoms with Gasteiger partial charge in [-0.05, 0) is 56.3 Å². The van der Waals surface area contributed by atoms with Gasteiger partial charge < -0.3 is 14.6 Å². The summed E-state index contributed by atoms with van der Waals surface area (Å²) in [5.74, 6) is -0.165. The first kappa shape index (κ1) is 16.8. The van der Waals surface area contributed by atoms with Gasteiger partial charge in [0.2, 0.25) is 5.91 Å². The molecule has 0 aliphatic heterocycles. The molecule has 0 fully saturated rings. The van der Waals surface area contributed by atoms with Crippen LogP contribution < -0.4 is 10.2 Å². The molecule has 25 heavy (non-hydrogen) atoms. The zero-order valence-electron chi connectivity index (χ0n) is 14.5. The summed E-state index contributed by atoms with van der Waals surface area (Å²) in [6, 6.07) is 13.7. The highest BCUT2D eigenvalue weighted by molar-refractivity contribution is 6.01. The van der Waals surface area contributed by atoms with Gasteiger partial charge in [-0.1, -0.05) is 6.07 Å². The van der Waals surface area contributed by atoms with Gasteiger partial charge in [0.1, 0.15) is 5.65 Å². The molecule has 0 radical (unpaired) electrons. The Hall–Kier alpha value is -3.08. The first-order chi connectivity index (χ1) is 12.2. The predicted octanol–water partition coefficient (Wildman–Crippen LogP) is 3.83. The van der Waals surface area contributed by atoms with E-state index in [0.29, 0.717) is 0 Å². The minimum absolute atomic E-state index is 0.165. The van der Waals surface area contributed by atoms with Crippen LogP contribution in [0.4, 0.5) is 11.4 Å². The van der Waals surface area contributed by atoms with Crippen LogP contribution in [0.5, 0.6) is 0 Å². The fourth-order valence-electron chi connectivity index (χ4n) is 2.76. The monoisotopic (exact) mass is 334 g/mol. The van der Waals surface area contributed by atoms with Gasteiger partial charge >= 0.3 is 0 Å². The molecule has 128 valence electrons. The number of rotatable bonds is 6. The van der Waals surface area contributed by atoms with Crippen LogP contribution >= 0.6 is 0 Å². The summed E-state index contributed by atoms with van der Waals surface area (Å²) in [6.45, 7) is 6.18. The van der Waals surface area contributed by atoms with Crippen LogP contribution in [-0.4, -0.2) is 28.4 Å². The molecule has 2 heterocycles. The van der Waals surface area contributed by atoms with Gasteiger partial charge in [-0.3, -0.25) is 4.79 Å². The molecule has 1 amide bonds. The Kier molecular flexibility index (Phi) is 5.14. The number of hydrogen-bond donors (Lipinski definition) is 1. The van der Waals surface area contributed by atoms with Crippen molar-refractivity contribution in [3.63, 3.8) is 0 Å². The SMILES string of the molecule is CCN(CC)c1ccc(NC(=O)/C=C/c2cnc3ccccn23)cc1. The molecular weight excluding hydrogens is 312 g/mol. The number of imidazole rings is 1. The Morgan fingerprint density at radius 1 is 1.16 bits per heavy atom. The molecule has 1 N–H and O–H groups in total. The molecule has 2 aromatic heterocycles. The van der Waals surface area contributed by atoms with Crippen molar-refractivity contribution in [2.24, 2.45) is 0 Å². The van der Waals surface area contributed by atoms with E-state index in [1.54, 1.807) is 12.3 Å². The highest BCUT2D eigenvalue weighted by atomic mass is 16.1. The molecule has 0 aliphatic carbocycles. The fraction of sp³-hybridized carbons (Fsp3) is 0.200. The first-order valence-corrected chi connectivity index (χ1v) is 8.47. The molecule has 0 unspecified atom stereocenters. The lowest BCUT2D eigenvalue weighted by atomic mass is 10.2. The van der Waals surface area contributed by atoms with Crippen molar-refractivity contribution in [1.29, 1.82) is 0 Å². The van der Waals surface area contributed by atoms with Gasteiger partial charge in [0, 0.05) is 36.7 Å². The second-order valence-electron chi connectivity index (χ2n) is 5.65. The highest BCUT2D eigenvalue weighted by Gasteiger charge is 2.03. The molecular formula is C20H22N4O. The van der Waals surface area contributed by atoms with Crippen LogP contribution in [0.1, 0.15) is 19.5 Å². The van der Waals surface area contributed by atoms with E-state index < -0.39 is 0 Å². The van der Waals surface area contributed by atoms with Gasteiger partial charge in [-0.2, -0.15) is 0 Å². The Labute approximate surface area is 147 Å². The quantitative estimate of drug-likeness (QED) is 0.697. The van der Waals surface area contributed by atoms with Crippen molar-refractivity contribution in [2.75, 3.05) is 23.3 Å². The number of amides is 1. The number of carbonyl (C=O) groups is 1. The van der Waals surface area contributed by atoms with Crippen molar-refractivity contribution < 1.29 is 4.79 Å². The second kappa shape index (κ2) is 7.66. The molecule has 0 saturated heterocycles. The maximum Gasteiger partial charge on any atom is 0.248 e. The Balaban J connectivity index is 1.66. The molecule has 5 nitrogen and oxygen atoms in total. The van der Waals surface area contributed by atoms with Crippen LogP contribution in [0, 0.1) is 0 Å². The molecule has 0 bridgehead atoms. The number of nitrogens with zero attached hydrogens (tertiary/aromatic N) is 3. The van der Waals surface area contributed by atoms with Crippen LogP contribution in [-0.2, 0) is 4.79 Å². The Morgan fingerprint density at radius 2 is 1.92 bits per heavy atom. The summed E-state index contributed by atoms with van der Waals surface area (Å²) in [5.41, 5.74) is 3.66. The first-order valence-electron chi connectivity index (χ1n) is 8.47. The van der Waals surface area contributed by atoms with Crippen molar-refractivity contribution in [2.45, 2.75) is 13.8 Å². The zero-order valence-corrected chi connectivity index (χ0v) is 14.5. The van der Waals surface area contributed by atoms with Gasteiger partial charge in [0.25, 0.3) is 0 Å². The molecule has 1 aromatic carbocycles. The number of aromatic nitrogens is 2. The van der Waals surface area contributed by atoms with E-state index >= 15 is 0 Å². The molecule has 0 aliphatic rings. The second-order valence-corrected chi connectivity index (χ2v) is 5.65. The van der Waals surface area contributed by atoms with Gasteiger partial charge in [-0.15, -0.1) is 0 Å². The number of hydrogen-bond acceptors (Lipinski definition) is 3. The topological polar surface area (TPSA) is 49.6 Å². The number of anilines is 2. The Bertz CT molecular complexity index is 876. The highest BCUT2D eigenvalue weighted by Crippen LogP contribution is 2.17. The van der Waals surface area contributed by atoms with Crippen LogP contribution in [0.25, 0.3) is 11.7 Å². The van der Waals surface area contributed by atoms with E-state index in [-0.39, 0.29) is 5.91 Å². The van der Waals surface area contributed by atoms with Gasteiger partial charge in [0.15, 0.2) is 0 Å². The van der Waals surface area contributed by atoms with Crippen LogP contribution in [0.15, 0.2) is 60.9 Å². The molecule has 3 aromatic rings. The molecule has 0 saturated carbocycles. The molecule has 5 heteroatoms. The number of benzene rings is 1. The minimum atomic E-state index is -0.165. The number of carbonyl (C=O) groups excluding carboxylic acids is 1. The molecule has 0 atom stereocenters. The molecule has 3 rings (SSSR count). The lowest BCUT2D eigenvalue weighted by molar-refractivity contribution is -0.111. The normalized spacial score (nSPS) is 11.1. The van der Waals surface area contributed by atoms with Crippen LogP contribution in [0.3, 0.4) is 0 Å². The third kappa shape index (κ3) is 3.88. The number of fused-ring (bicyclic) bond motifs is 1. The van der Waals surface area contributed by atoms with Crippen molar-refractivity contribution >= 4 is 29.0 Å². The zero-order chi connectivity index (χ0) is 17.6. The summed E-state index contributed by atoms with van der Waals surface area (Å²) >= 11 is 0. The summed E-state index contributed by atoms with van der Waals surface area (Å²) in [5, 5.41) is 2.88. The summed E-state index contributed by atoms with van der Waals surface area (Å²) < 4.78 is 1.93. The summed E-state index contributed by atoms with van der Waals surface area (Å²) in [4.78, 5) is 18.7. The Morgan fingerprint density at radius 3 is 2.64 bits per heavy atom. The van der Waals surface area contributed by atoms with E-state index in [4.69, 9.17) is 0 Å². The standard InChI is InChI=1S/C20H22N4O/c1-3-23(4-2)17-10-8-16(9-11-17)22-20(25)13-12-18-15-21-19-7-5-6-14-24(18)19/h5-15H,3-4H2,1-2H3,(H,22,25)/b13-12+. The minimum Gasteiger partial charge on any atom is -0.372 e. The van der Waals surface area contributed by atoms with Crippen molar-refractivity contribution in [1.82, 2.24) is 9.38 Å². The number of nitrogens with one attached hydrogen (secondary N) is 1. The average Bonchev–Trinajstić information content (AvgIpc) is 3.06. The third-order valence-corrected chi connectivity index (χ3v) is 4.11. The van der Waals surface area contributed by atoms with E-state index in [9.17, 15) is 4.79 Å². The van der Waals surface area contributed by atoms with Gasteiger partial charge in [0.05, 0.1) is 11.9 Å². The summed E-state index contributed by atoms with van der Waals surface area (Å²) in [6.07, 6.45) is 6.96. The van der Waals surface area contributed by atoms with E-state index in [1.807, 2.05) is 53.1 Å². The maximum absolute atomic E-state index is 12.1. The van der Waals surface area contributed by atoms with Crippen molar-refractivity contribution in [3.05, 3.63) is 66.6 Å². The smallest absolute Gasteiger partial charge is 0.248 e. The van der Waals surface area contributed by atoms with Gasteiger partial charge in [-0.25, -0.2) is 4.98 Å². The van der Waals surface area contributed by atoms with Crippen LogP contribution in [0.2, 0.25) is 0 Å². The molecule has 0 spiro atoms. The lowest BCUT2D eigenvalue weighted by Crippen LogP contribution is -2.21. The van der Waals surface area contributed by atoms with E-state index in [0.717, 1.165) is 35.8 Å². The predicted molar refractivity (Wildman–Crippen MR) is 103 cm³/mol. The average molecular weight is 334 g/mol. The summed E-state index contributed by atoms with van der Waals surface area (Å²) in [7, 11) is 0. The van der Waals surface area contributed by atoms with Crippen molar-refractivity contribution in [3.8, 4) is 0 Å². The third-order valence-electron chi connectivity index (χ3n) is 4.11. The maximum atomic E-state index is 12.1. The number of pyridine rings is 1. The fourth-order valence-corrected chi connectivity index (χ4v) is 2.76. The van der Waals surface area contributed by atoms with E-state index in [1.165, 1.54) is 6.08 Å². The lowest BCUT2D eigenvalue weighted by Gasteiger charge is -2.21. The largest absolute Gasteiger partial charge is 0.372 e. The van der Waals surface area contributed by atoms with E-state index in [2.05, 4.69) is 29.0 Å².